The number of imide groups is 2. The van der Waals surface area contributed by atoms with E-state index < -0.39 is 17.8 Å². The average Bonchev–Trinajstić information content (AvgIpc) is 2.81. The molecule has 6 heteroatoms. The predicted molar refractivity (Wildman–Crippen MR) is 128 cm³/mol. The first kappa shape index (κ1) is 21.1. The summed E-state index contributed by atoms with van der Waals surface area (Å²) >= 11 is 0. The van der Waals surface area contributed by atoms with E-state index in [4.69, 9.17) is 4.74 Å². The van der Waals surface area contributed by atoms with Crippen LogP contribution in [0.25, 0.3) is 6.08 Å². The Morgan fingerprint density at radius 1 is 0.912 bits per heavy atom. The van der Waals surface area contributed by atoms with Crippen LogP contribution in [-0.4, -0.2) is 25.0 Å². The fourth-order valence-corrected chi connectivity index (χ4v) is 7.26. The van der Waals surface area contributed by atoms with Crippen molar-refractivity contribution in [2.24, 2.45) is 17.8 Å². The smallest absolute Gasteiger partial charge is 0.335 e. The lowest BCUT2D eigenvalue weighted by Gasteiger charge is -2.57. The third kappa shape index (κ3) is 3.35. The van der Waals surface area contributed by atoms with Crippen molar-refractivity contribution in [3.8, 4) is 5.75 Å². The molecular weight excluding hydrogens is 428 g/mol. The first-order valence-electron chi connectivity index (χ1n) is 12.1. The molecule has 34 heavy (non-hydrogen) atoms. The molecule has 0 unspecified atom stereocenters. The van der Waals surface area contributed by atoms with Gasteiger partial charge in [-0.1, -0.05) is 30.3 Å². The number of amides is 4. The number of benzene rings is 2. The van der Waals surface area contributed by atoms with Crippen LogP contribution in [0.1, 0.15) is 49.7 Å². The lowest BCUT2D eigenvalue weighted by atomic mass is 9.48. The minimum Gasteiger partial charge on any atom is -0.496 e. The fraction of sp³-hybridized carbons (Fsp3) is 0.393. The summed E-state index contributed by atoms with van der Waals surface area (Å²) in [4.78, 5) is 39.5. The van der Waals surface area contributed by atoms with E-state index in [1.807, 2.05) is 18.2 Å². The van der Waals surface area contributed by atoms with Crippen LogP contribution in [0.3, 0.4) is 0 Å². The van der Waals surface area contributed by atoms with Gasteiger partial charge in [0.1, 0.15) is 11.3 Å². The van der Waals surface area contributed by atoms with Gasteiger partial charge < -0.3 is 4.74 Å². The third-order valence-corrected chi connectivity index (χ3v) is 8.32. The highest BCUT2D eigenvalue weighted by Crippen LogP contribution is 2.60. The van der Waals surface area contributed by atoms with Gasteiger partial charge in [-0.15, -0.1) is 0 Å². The van der Waals surface area contributed by atoms with Crippen molar-refractivity contribution in [2.75, 3.05) is 12.0 Å². The van der Waals surface area contributed by atoms with E-state index >= 15 is 0 Å². The zero-order valence-electron chi connectivity index (χ0n) is 19.3. The molecule has 4 saturated carbocycles. The molecule has 6 nitrogen and oxygen atoms in total. The topological polar surface area (TPSA) is 75.7 Å². The summed E-state index contributed by atoms with van der Waals surface area (Å²) in [5.41, 5.74) is 2.52. The lowest BCUT2D eigenvalue weighted by Crippen LogP contribution is -2.54. The molecule has 4 bridgehead atoms. The van der Waals surface area contributed by atoms with Gasteiger partial charge >= 0.3 is 6.03 Å². The highest BCUT2D eigenvalue weighted by atomic mass is 16.5. The largest absolute Gasteiger partial charge is 0.496 e. The van der Waals surface area contributed by atoms with Gasteiger partial charge in [-0.25, -0.2) is 9.69 Å². The van der Waals surface area contributed by atoms with Crippen LogP contribution in [0.5, 0.6) is 5.75 Å². The standard InChI is InChI=1S/C28H28N2O4/c1-34-24-5-3-2-4-20(24)13-23-25(31)29-27(33)30(26(23)32)22-8-6-21(7-9-22)28-14-17-10-18(15-28)12-19(11-17)16-28/h2-9,13,17-19H,10-12,14-16H2,1H3,(H,29,31,33)/b23-13+. The molecule has 5 aliphatic rings. The highest BCUT2D eigenvalue weighted by molar-refractivity contribution is 6.39. The molecule has 4 aliphatic carbocycles. The molecule has 2 aromatic rings. The number of carbonyl (C=O) groups excluding carboxylic acids is 3. The second kappa shape index (κ2) is 7.83. The SMILES string of the molecule is COc1ccccc1/C=C1\C(=O)NC(=O)N(c2ccc(C34CC5CC(CC(C5)C3)C4)cc2)C1=O. The molecule has 174 valence electrons. The molecule has 0 aromatic heterocycles. The van der Waals surface area contributed by atoms with Gasteiger partial charge in [0.15, 0.2) is 0 Å². The third-order valence-electron chi connectivity index (χ3n) is 8.32. The van der Waals surface area contributed by atoms with Crippen LogP contribution in [0, 0.1) is 17.8 Å². The Morgan fingerprint density at radius 3 is 2.15 bits per heavy atom. The molecule has 2 aromatic carbocycles. The van der Waals surface area contributed by atoms with Crippen molar-refractivity contribution in [1.29, 1.82) is 0 Å². The number of hydrogen-bond acceptors (Lipinski definition) is 4. The Kier molecular flexibility index (Phi) is 4.87. The Hall–Kier alpha value is -3.41. The minimum atomic E-state index is -0.727. The summed E-state index contributed by atoms with van der Waals surface area (Å²) in [5, 5.41) is 2.31. The molecule has 5 fully saturated rings. The molecule has 1 saturated heterocycles. The van der Waals surface area contributed by atoms with Gasteiger partial charge in [0.2, 0.25) is 0 Å². The Bertz CT molecular complexity index is 1180. The number of rotatable bonds is 4. The number of para-hydroxylation sites is 1. The number of methoxy groups -OCH3 is 1. The van der Waals surface area contributed by atoms with E-state index in [1.54, 1.807) is 18.2 Å². The van der Waals surface area contributed by atoms with Gasteiger partial charge in [-0.05, 0) is 91.5 Å². The summed E-state index contributed by atoms with van der Waals surface area (Å²) in [6.07, 6.45) is 9.38. The number of ether oxygens (including phenoxy) is 1. The van der Waals surface area contributed by atoms with E-state index in [0.717, 1.165) is 22.7 Å². The van der Waals surface area contributed by atoms with Gasteiger partial charge in [-0.2, -0.15) is 0 Å². The monoisotopic (exact) mass is 456 g/mol. The van der Waals surface area contributed by atoms with Crippen molar-refractivity contribution >= 4 is 29.6 Å². The average molecular weight is 457 g/mol. The van der Waals surface area contributed by atoms with Crippen molar-refractivity contribution in [1.82, 2.24) is 5.32 Å². The summed E-state index contributed by atoms with van der Waals surface area (Å²) in [5.74, 6) is 1.72. The van der Waals surface area contributed by atoms with E-state index in [9.17, 15) is 14.4 Å². The first-order valence-corrected chi connectivity index (χ1v) is 12.1. The van der Waals surface area contributed by atoms with E-state index in [-0.39, 0.29) is 11.0 Å². The summed E-state index contributed by atoms with van der Waals surface area (Å²) in [7, 11) is 1.53. The number of nitrogens with one attached hydrogen (secondary N) is 1. The van der Waals surface area contributed by atoms with Crippen molar-refractivity contribution in [3.63, 3.8) is 0 Å². The van der Waals surface area contributed by atoms with Crippen LogP contribution < -0.4 is 15.0 Å². The normalized spacial score (nSPS) is 31.2. The fourth-order valence-electron chi connectivity index (χ4n) is 7.26. The lowest BCUT2D eigenvalue weighted by molar-refractivity contribution is -0.122. The summed E-state index contributed by atoms with van der Waals surface area (Å²) in [6.45, 7) is 0. The zero-order chi connectivity index (χ0) is 23.4. The molecule has 1 aliphatic heterocycles. The van der Waals surface area contributed by atoms with Crippen LogP contribution in [0.2, 0.25) is 0 Å². The van der Waals surface area contributed by atoms with Crippen molar-refractivity contribution in [3.05, 3.63) is 65.2 Å². The van der Waals surface area contributed by atoms with E-state index in [1.165, 1.54) is 57.3 Å². The quantitative estimate of drug-likeness (QED) is 0.528. The molecule has 1 N–H and O–H groups in total. The van der Waals surface area contributed by atoms with Crippen molar-refractivity contribution in [2.45, 2.75) is 43.9 Å². The number of carbonyl (C=O) groups is 3. The molecule has 7 rings (SSSR count). The van der Waals surface area contributed by atoms with Gasteiger partial charge in [0.05, 0.1) is 12.8 Å². The zero-order valence-corrected chi connectivity index (χ0v) is 19.3. The number of barbiturate groups is 1. The molecule has 4 amide bonds. The second-order valence-corrected chi connectivity index (χ2v) is 10.4. The molecular formula is C28H28N2O4. The van der Waals surface area contributed by atoms with Crippen LogP contribution >= 0.6 is 0 Å². The molecule has 0 atom stereocenters. The molecule has 1 heterocycles. The number of urea groups is 1. The maximum atomic E-state index is 13.3. The van der Waals surface area contributed by atoms with Crippen molar-refractivity contribution < 1.29 is 19.1 Å². The Morgan fingerprint density at radius 2 is 1.53 bits per heavy atom. The maximum absolute atomic E-state index is 13.3. The molecule has 0 spiro atoms. The number of nitrogens with zero attached hydrogens (tertiary/aromatic N) is 1. The minimum absolute atomic E-state index is 0.103. The second-order valence-electron chi connectivity index (χ2n) is 10.4. The van der Waals surface area contributed by atoms with Gasteiger partial charge in [0, 0.05) is 5.56 Å². The van der Waals surface area contributed by atoms with Crippen LogP contribution in [0.15, 0.2) is 54.1 Å². The maximum Gasteiger partial charge on any atom is 0.335 e. The van der Waals surface area contributed by atoms with E-state index in [2.05, 4.69) is 17.4 Å². The van der Waals surface area contributed by atoms with Gasteiger partial charge in [0.25, 0.3) is 11.8 Å². The van der Waals surface area contributed by atoms with Gasteiger partial charge in [-0.3, -0.25) is 14.9 Å². The highest BCUT2D eigenvalue weighted by Gasteiger charge is 2.51. The van der Waals surface area contributed by atoms with Crippen LogP contribution in [0.4, 0.5) is 10.5 Å². The first-order chi connectivity index (χ1) is 16.5. The number of anilines is 1. The predicted octanol–water partition coefficient (Wildman–Crippen LogP) is 4.83. The Balaban J connectivity index is 1.30. The Labute approximate surface area is 199 Å². The van der Waals surface area contributed by atoms with E-state index in [0.29, 0.717) is 17.0 Å². The summed E-state index contributed by atoms with van der Waals surface area (Å²) in [6, 6.07) is 14.3. The molecule has 0 radical (unpaired) electrons. The number of hydrogen-bond donors (Lipinski definition) is 1. The van der Waals surface area contributed by atoms with Crippen LogP contribution in [-0.2, 0) is 15.0 Å². The summed E-state index contributed by atoms with van der Waals surface area (Å²) < 4.78 is 5.34.